The minimum atomic E-state index is -1.25. The van der Waals surface area contributed by atoms with Crippen molar-refractivity contribution in [2.45, 2.75) is 46.0 Å². The lowest BCUT2D eigenvalue weighted by Gasteiger charge is -2.18. The summed E-state index contributed by atoms with van der Waals surface area (Å²) in [5.41, 5.74) is -0.224. The number of carbonyl (C=O) groups is 2. The van der Waals surface area contributed by atoms with E-state index >= 15 is 0 Å². The van der Waals surface area contributed by atoms with Crippen molar-refractivity contribution in [3.8, 4) is 34.5 Å². The second kappa shape index (κ2) is 13.0. The molecule has 2 aromatic carbocycles. The van der Waals surface area contributed by atoms with Crippen LogP contribution in [-0.2, 0) is 0 Å². The molecule has 0 aromatic heterocycles. The molecule has 0 aliphatic carbocycles. The molecule has 2 atom stereocenters. The van der Waals surface area contributed by atoms with Crippen LogP contribution in [0.15, 0.2) is 24.3 Å². The van der Waals surface area contributed by atoms with Crippen LogP contribution in [-0.4, -0.2) is 81.8 Å². The third-order valence-electron chi connectivity index (χ3n) is 4.66. The van der Waals surface area contributed by atoms with Crippen LogP contribution in [0.2, 0.25) is 0 Å². The Morgan fingerprint density at radius 1 is 0.667 bits per heavy atom. The zero-order valence-corrected chi connectivity index (χ0v) is 20.6. The molecule has 36 heavy (non-hydrogen) atoms. The number of phenols is 2. The van der Waals surface area contributed by atoms with E-state index < -0.39 is 29.9 Å². The SMILES string of the molecule is CC(=O)c1c(O)cc(OCC(C)O)cc1OCC(O)COc1cc(OCC(C)O)cc(O)c1C(C)=O. The average molecular weight is 509 g/mol. The second-order valence-corrected chi connectivity index (χ2v) is 8.34. The van der Waals surface area contributed by atoms with E-state index in [9.17, 15) is 35.1 Å². The zero-order valence-electron chi connectivity index (χ0n) is 20.6. The van der Waals surface area contributed by atoms with Crippen molar-refractivity contribution in [2.24, 2.45) is 0 Å². The van der Waals surface area contributed by atoms with Gasteiger partial charge in [-0.1, -0.05) is 0 Å². The fraction of sp³-hybridized carbons (Fsp3) is 0.440. The lowest BCUT2D eigenvalue weighted by molar-refractivity contribution is 0.0608. The topological polar surface area (TPSA) is 172 Å². The summed E-state index contributed by atoms with van der Waals surface area (Å²) < 4.78 is 21.8. The molecule has 0 fully saturated rings. The molecule has 0 aliphatic heterocycles. The Labute approximate surface area is 208 Å². The van der Waals surface area contributed by atoms with Gasteiger partial charge in [-0.05, 0) is 27.7 Å². The van der Waals surface area contributed by atoms with Crippen molar-refractivity contribution in [3.63, 3.8) is 0 Å². The Hall–Kier alpha value is -3.54. The van der Waals surface area contributed by atoms with Gasteiger partial charge in [0.1, 0.15) is 78.2 Å². The minimum absolute atomic E-state index is 0.0438. The summed E-state index contributed by atoms with van der Waals surface area (Å²) in [5, 5.41) is 49.6. The molecule has 5 N–H and O–H groups in total. The van der Waals surface area contributed by atoms with E-state index in [1.807, 2.05) is 0 Å². The average Bonchev–Trinajstić information content (AvgIpc) is 2.77. The number of aromatic hydroxyl groups is 2. The van der Waals surface area contributed by atoms with Gasteiger partial charge in [-0.15, -0.1) is 0 Å². The normalized spacial score (nSPS) is 13.4. The lowest BCUT2D eigenvalue weighted by Crippen LogP contribution is -2.26. The number of phenolic OH excluding ortho intramolecular Hbond substituents is 2. The first-order valence-corrected chi connectivity index (χ1v) is 11.2. The van der Waals surface area contributed by atoms with Crippen LogP contribution in [0.4, 0.5) is 0 Å². The molecule has 2 unspecified atom stereocenters. The van der Waals surface area contributed by atoms with E-state index in [1.54, 1.807) is 0 Å². The zero-order chi connectivity index (χ0) is 27.0. The quantitative estimate of drug-likeness (QED) is 0.236. The van der Waals surface area contributed by atoms with Crippen molar-refractivity contribution >= 4 is 11.6 Å². The standard InChI is InChI=1S/C25H32O11/c1-13(26)9-33-18-5-20(31)24(15(3)28)22(7-18)35-11-17(30)12-36-23-8-19(34-10-14(2)27)6-21(32)25(23)16(4)29/h5-8,13-14,17,26-27,30-32H,9-12H2,1-4H3. The van der Waals surface area contributed by atoms with E-state index in [0.717, 1.165) is 0 Å². The summed E-state index contributed by atoms with van der Waals surface area (Å²) in [4.78, 5) is 24.0. The van der Waals surface area contributed by atoms with E-state index in [4.69, 9.17) is 18.9 Å². The highest BCUT2D eigenvalue weighted by Gasteiger charge is 2.21. The summed E-state index contributed by atoms with van der Waals surface area (Å²) in [6.45, 7) is 4.67. The van der Waals surface area contributed by atoms with Gasteiger partial charge in [-0.25, -0.2) is 0 Å². The maximum absolute atomic E-state index is 12.0. The maximum Gasteiger partial charge on any atom is 0.167 e. The largest absolute Gasteiger partial charge is 0.507 e. The molecular formula is C25H32O11. The van der Waals surface area contributed by atoms with Gasteiger partial charge >= 0.3 is 0 Å². The highest BCUT2D eigenvalue weighted by molar-refractivity contribution is 6.00. The van der Waals surface area contributed by atoms with Gasteiger partial charge < -0.3 is 44.5 Å². The number of Topliss-reactive ketones (excluding diaryl/α,β-unsaturated/α-hetero) is 2. The third kappa shape index (κ3) is 8.29. The van der Waals surface area contributed by atoms with Crippen LogP contribution in [0.5, 0.6) is 34.5 Å². The van der Waals surface area contributed by atoms with Crippen molar-refractivity contribution in [1.82, 2.24) is 0 Å². The highest BCUT2D eigenvalue weighted by Crippen LogP contribution is 2.35. The predicted octanol–water partition coefficient (Wildman–Crippen LogP) is 1.84. The van der Waals surface area contributed by atoms with Crippen molar-refractivity contribution in [3.05, 3.63) is 35.4 Å². The summed E-state index contributed by atoms with van der Waals surface area (Å²) in [6.07, 6.45) is -2.78. The lowest BCUT2D eigenvalue weighted by atomic mass is 10.1. The van der Waals surface area contributed by atoms with Crippen molar-refractivity contribution in [1.29, 1.82) is 0 Å². The molecule has 198 valence electrons. The third-order valence-corrected chi connectivity index (χ3v) is 4.66. The summed E-state index contributed by atoms with van der Waals surface area (Å²) in [5.74, 6) is -1.53. The molecule has 0 spiro atoms. The van der Waals surface area contributed by atoms with E-state index in [0.29, 0.717) is 0 Å². The van der Waals surface area contributed by atoms with Gasteiger partial charge in [0.25, 0.3) is 0 Å². The van der Waals surface area contributed by atoms with Crippen LogP contribution in [0.1, 0.15) is 48.4 Å². The predicted molar refractivity (Wildman–Crippen MR) is 128 cm³/mol. The van der Waals surface area contributed by atoms with E-state index in [-0.39, 0.29) is 72.1 Å². The second-order valence-electron chi connectivity index (χ2n) is 8.34. The molecule has 0 saturated carbocycles. The molecule has 0 saturated heterocycles. The fourth-order valence-electron chi connectivity index (χ4n) is 3.11. The van der Waals surface area contributed by atoms with Gasteiger partial charge in [0.2, 0.25) is 0 Å². The Morgan fingerprint density at radius 2 is 1.03 bits per heavy atom. The summed E-state index contributed by atoms with van der Waals surface area (Å²) >= 11 is 0. The molecule has 0 bridgehead atoms. The first kappa shape index (κ1) is 28.7. The molecule has 0 amide bonds. The van der Waals surface area contributed by atoms with Crippen LogP contribution in [0.25, 0.3) is 0 Å². The highest BCUT2D eigenvalue weighted by atomic mass is 16.5. The Kier molecular flexibility index (Phi) is 10.3. The van der Waals surface area contributed by atoms with Gasteiger partial charge in [0.05, 0.1) is 12.2 Å². The van der Waals surface area contributed by atoms with E-state index in [2.05, 4.69) is 0 Å². The van der Waals surface area contributed by atoms with Crippen LogP contribution >= 0.6 is 0 Å². The Bertz CT molecular complexity index is 979. The van der Waals surface area contributed by atoms with Crippen LogP contribution in [0.3, 0.4) is 0 Å². The van der Waals surface area contributed by atoms with Gasteiger partial charge in [0.15, 0.2) is 11.6 Å². The minimum Gasteiger partial charge on any atom is -0.507 e. The van der Waals surface area contributed by atoms with Crippen molar-refractivity contribution in [2.75, 3.05) is 26.4 Å². The number of aliphatic hydroxyl groups excluding tert-OH is 3. The smallest absolute Gasteiger partial charge is 0.167 e. The van der Waals surface area contributed by atoms with Gasteiger partial charge in [0, 0.05) is 24.3 Å². The monoisotopic (exact) mass is 508 g/mol. The summed E-state index contributed by atoms with van der Waals surface area (Å²) in [6, 6.07) is 5.13. The van der Waals surface area contributed by atoms with Crippen LogP contribution in [0, 0.1) is 0 Å². The number of rotatable bonds is 14. The van der Waals surface area contributed by atoms with E-state index in [1.165, 1.54) is 52.0 Å². The van der Waals surface area contributed by atoms with Crippen molar-refractivity contribution < 1.29 is 54.1 Å². The number of benzene rings is 2. The number of carbonyl (C=O) groups excluding carboxylic acids is 2. The summed E-state index contributed by atoms with van der Waals surface area (Å²) in [7, 11) is 0. The fourth-order valence-corrected chi connectivity index (χ4v) is 3.11. The molecule has 2 aromatic rings. The molecule has 0 heterocycles. The number of hydrogen-bond donors (Lipinski definition) is 5. The van der Waals surface area contributed by atoms with Gasteiger partial charge in [-0.2, -0.15) is 0 Å². The van der Waals surface area contributed by atoms with Gasteiger partial charge in [-0.3, -0.25) is 9.59 Å². The molecule has 0 aliphatic rings. The Morgan fingerprint density at radius 3 is 1.33 bits per heavy atom. The Balaban J connectivity index is 2.14. The molecule has 11 nitrogen and oxygen atoms in total. The number of ketones is 2. The number of ether oxygens (including phenoxy) is 4. The number of hydrogen-bond acceptors (Lipinski definition) is 11. The first-order valence-electron chi connectivity index (χ1n) is 11.2. The maximum atomic E-state index is 12.0. The van der Waals surface area contributed by atoms with Crippen LogP contribution < -0.4 is 18.9 Å². The molecule has 2 rings (SSSR count). The number of aliphatic hydroxyl groups is 3. The molecule has 0 radical (unpaired) electrons. The molecule has 11 heteroatoms. The first-order chi connectivity index (χ1) is 16.9. The molecular weight excluding hydrogens is 476 g/mol.